The summed E-state index contributed by atoms with van der Waals surface area (Å²) in [6.45, 7) is 2.82. The molecule has 0 atom stereocenters. The minimum absolute atomic E-state index is 0.197. The molecule has 8 heteroatoms. The Balaban J connectivity index is 1.91. The van der Waals surface area contributed by atoms with Gasteiger partial charge in [-0.15, -0.1) is 0 Å². The number of aryl methyl sites for hydroxylation is 1. The molecule has 1 aromatic heterocycles. The monoisotopic (exact) mass is 359 g/mol. The smallest absolute Gasteiger partial charge is 0.251 e. The number of aromatic nitrogens is 2. The molecule has 0 radical (unpaired) electrons. The van der Waals surface area contributed by atoms with Crippen LogP contribution in [0.15, 0.2) is 24.3 Å². The van der Waals surface area contributed by atoms with Crippen LogP contribution in [-0.4, -0.2) is 57.3 Å². The zero-order valence-electron chi connectivity index (χ0n) is 15.8. The molecule has 1 amide bonds. The molecular formula is C18H25N5O3. The number of carbonyl (C=O) groups excluding carboxylic acids is 1. The van der Waals surface area contributed by atoms with E-state index in [0.717, 1.165) is 11.6 Å². The molecule has 1 aromatic carbocycles. The molecule has 0 aliphatic carbocycles. The van der Waals surface area contributed by atoms with Gasteiger partial charge in [-0.05, 0) is 19.1 Å². The second kappa shape index (κ2) is 8.89. The Morgan fingerprint density at radius 3 is 2.27 bits per heavy atom. The highest BCUT2D eigenvalue weighted by Gasteiger charge is 2.09. The molecule has 0 fully saturated rings. The number of hydrogen-bond donors (Lipinski definition) is 2. The summed E-state index contributed by atoms with van der Waals surface area (Å²) < 4.78 is 10.4. The van der Waals surface area contributed by atoms with Crippen molar-refractivity contribution in [1.82, 2.24) is 15.3 Å². The lowest BCUT2D eigenvalue weighted by molar-refractivity contribution is 0.0954. The highest BCUT2D eigenvalue weighted by Crippen LogP contribution is 2.22. The second-order valence-corrected chi connectivity index (χ2v) is 5.84. The minimum atomic E-state index is -0.197. The summed E-state index contributed by atoms with van der Waals surface area (Å²) >= 11 is 0. The van der Waals surface area contributed by atoms with Crippen LogP contribution < -0.4 is 25.0 Å². The third-order valence-corrected chi connectivity index (χ3v) is 3.61. The van der Waals surface area contributed by atoms with Crippen molar-refractivity contribution in [3.05, 3.63) is 35.7 Å². The number of anilines is 2. The maximum atomic E-state index is 12.3. The van der Waals surface area contributed by atoms with Gasteiger partial charge in [-0.1, -0.05) is 0 Å². The molecule has 0 unspecified atom stereocenters. The van der Waals surface area contributed by atoms with E-state index >= 15 is 0 Å². The lowest BCUT2D eigenvalue weighted by atomic mass is 10.2. The maximum Gasteiger partial charge on any atom is 0.251 e. The normalized spacial score (nSPS) is 10.2. The lowest BCUT2D eigenvalue weighted by Gasteiger charge is -2.14. The zero-order chi connectivity index (χ0) is 19.1. The Morgan fingerprint density at radius 1 is 1.04 bits per heavy atom. The number of rotatable bonds is 8. The summed E-state index contributed by atoms with van der Waals surface area (Å²) in [5.41, 5.74) is 0.481. The zero-order valence-corrected chi connectivity index (χ0v) is 15.8. The van der Waals surface area contributed by atoms with Gasteiger partial charge < -0.3 is 25.0 Å². The van der Waals surface area contributed by atoms with Gasteiger partial charge in [0.15, 0.2) is 0 Å². The average Bonchev–Trinajstić information content (AvgIpc) is 2.64. The van der Waals surface area contributed by atoms with Crippen molar-refractivity contribution in [2.24, 2.45) is 0 Å². The molecule has 2 N–H and O–H groups in total. The van der Waals surface area contributed by atoms with Gasteiger partial charge in [0, 0.05) is 44.9 Å². The van der Waals surface area contributed by atoms with E-state index in [-0.39, 0.29) is 5.91 Å². The van der Waals surface area contributed by atoms with Gasteiger partial charge in [-0.25, -0.2) is 9.97 Å². The third kappa shape index (κ3) is 5.23. The van der Waals surface area contributed by atoms with Crippen molar-refractivity contribution in [3.8, 4) is 11.5 Å². The van der Waals surface area contributed by atoms with E-state index in [1.54, 1.807) is 32.4 Å². The van der Waals surface area contributed by atoms with E-state index in [9.17, 15) is 4.79 Å². The van der Waals surface area contributed by atoms with E-state index in [1.807, 2.05) is 32.0 Å². The van der Waals surface area contributed by atoms with E-state index in [4.69, 9.17) is 9.47 Å². The van der Waals surface area contributed by atoms with Crippen molar-refractivity contribution < 1.29 is 14.3 Å². The number of methoxy groups -OCH3 is 2. The van der Waals surface area contributed by atoms with Crippen LogP contribution in [0.5, 0.6) is 11.5 Å². The molecule has 140 valence electrons. The Hall–Kier alpha value is -3.03. The van der Waals surface area contributed by atoms with Gasteiger partial charge >= 0.3 is 0 Å². The van der Waals surface area contributed by atoms with Gasteiger partial charge in [0.1, 0.15) is 29.0 Å². The summed E-state index contributed by atoms with van der Waals surface area (Å²) in [7, 11) is 6.94. The molecule has 0 spiro atoms. The van der Waals surface area contributed by atoms with Crippen molar-refractivity contribution in [2.75, 3.05) is 51.6 Å². The Kier molecular flexibility index (Phi) is 6.60. The third-order valence-electron chi connectivity index (χ3n) is 3.61. The van der Waals surface area contributed by atoms with Crippen molar-refractivity contribution >= 4 is 17.5 Å². The fourth-order valence-corrected chi connectivity index (χ4v) is 2.28. The second-order valence-electron chi connectivity index (χ2n) is 5.84. The van der Waals surface area contributed by atoms with Gasteiger partial charge in [0.05, 0.1) is 14.2 Å². The number of benzene rings is 1. The largest absolute Gasteiger partial charge is 0.497 e. The fourth-order valence-electron chi connectivity index (χ4n) is 2.28. The minimum Gasteiger partial charge on any atom is -0.497 e. The number of amides is 1. The van der Waals surface area contributed by atoms with Crippen molar-refractivity contribution in [2.45, 2.75) is 6.92 Å². The molecule has 8 nitrogen and oxygen atoms in total. The number of hydrogen-bond acceptors (Lipinski definition) is 7. The molecule has 0 saturated carbocycles. The molecule has 26 heavy (non-hydrogen) atoms. The van der Waals surface area contributed by atoms with Crippen LogP contribution in [0.25, 0.3) is 0 Å². The highest BCUT2D eigenvalue weighted by molar-refractivity contribution is 5.95. The quantitative estimate of drug-likeness (QED) is 0.694. The van der Waals surface area contributed by atoms with Crippen LogP contribution in [0, 0.1) is 6.92 Å². The van der Waals surface area contributed by atoms with Crippen molar-refractivity contribution in [1.29, 1.82) is 0 Å². The van der Waals surface area contributed by atoms with Crippen LogP contribution in [0.3, 0.4) is 0 Å². The van der Waals surface area contributed by atoms with Crippen LogP contribution in [-0.2, 0) is 0 Å². The van der Waals surface area contributed by atoms with Gasteiger partial charge in [0.25, 0.3) is 5.91 Å². The van der Waals surface area contributed by atoms with Crippen molar-refractivity contribution in [3.63, 3.8) is 0 Å². The molecular weight excluding hydrogens is 334 g/mol. The first kappa shape index (κ1) is 19.3. The summed E-state index contributed by atoms with van der Waals surface area (Å²) in [5, 5.41) is 6.05. The fraction of sp³-hybridized carbons (Fsp3) is 0.389. The number of nitrogens with one attached hydrogen (secondary N) is 2. The average molecular weight is 359 g/mol. The van der Waals surface area contributed by atoms with Crippen LogP contribution >= 0.6 is 0 Å². The Bertz CT molecular complexity index is 742. The summed E-state index contributed by atoms with van der Waals surface area (Å²) in [5.74, 6) is 3.18. The van der Waals surface area contributed by atoms with E-state index in [0.29, 0.717) is 36.0 Å². The highest BCUT2D eigenvalue weighted by atomic mass is 16.5. The van der Waals surface area contributed by atoms with Crippen LogP contribution in [0.4, 0.5) is 11.6 Å². The SMILES string of the molecule is COc1cc(OC)cc(C(=O)NCCNc2cc(N(C)C)nc(C)n2)c1. The van der Waals surface area contributed by atoms with Gasteiger partial charge in [-0.3, -0.25) is 4.79 Å². The topological polar surface area (TPSA) is 88.6 Å². The number of nitrogens with zero attached hydrogens (tertiary/aromatic N) is 3. The predicted molar refractivity (Wildman–Crippen MR) is 101 cm³/mol. The molecule has 0 aliphatic rings. The first-order chi connectivity index (χ1) is 12.4. The first-order valence-electron chi connectivity index (χ1n) is 8.21. The van der Waals surface area contributed by atoms with E-state index in [1.165, 1.54) is 0 Å². The summed E-state index contributed by atoms with van der Waals surface area (Å²) in [6.07, 6.45) is 0. The van der Waals surface area contributed by atoms with E-state index < -0.39 is 0 Å². The van der Waals surface area contributed by atoms with Gasteiger partial charge in [-0.2, -0.15) is 0 Å². The first-order valence-corrected chi connectivity index (χ1v) is 8.21. The summed E-state index contributed by atoms with van der Waals surface area (Å²) in [6, 6.07) is 6.92. The van der Waals surface area contributed by atoms with E-state index in [2.05, 4.69) is 20.6 Å². The molecule has 1 heterocycles. The molecule has 0 aliphatic heterocycles. The summed E-state index contributed by atoms with van der Waals surface area (Å²) in [4.78, 5) is 22.9. The maximum absolute atomic E-state index is 12.3. The lowest BCUT2D eigenvalue weighted by Crippen LogP contribution is -2.29. The number of carbonyl (C=O) groups is 1. The predicted octanol–water partition coefficient (Wildman–Crippen LogP) is 1.71. The molecule has 0 saturated heterocycles. The number of ether oxygens (including phenoxy) is 2. The molecule has 2 aromatic rings. The molecule has 2 rings (SSSR count). The Labute approximate surface area is 153 Å². The van der Waals surface area contributed by atoms with Crippen LogP contribution in [0.2, 0.25) is 0 Å². The Morgan fingerprint density at radius 2 is 1.69 bits per heavy atom. The standard InChI is InChI=1S/C18H25N5O3/c1-12-21-16(11-17(22-12)23(2)3)19-6-7-20-18(24)13-8-14(25-4)10-15(9-13)26-5/h8-11H,6-7H2,1-5H3,(H,20,24)(H,19,21,22). The molecule has 0 bridgehead atoms. The van der Waals surface area contributed by atoms with Crippen LogP contribution in [0.1, 0.15) is 16.2 Å². The van der Waals surface area contributed by atoms with Gasteiger partial charge in [0.2, 0.25) is 0 Å².